The van der Waals surface area contributed by atoms with Gasteiger partial charge in [0.05, 0.1) is 10.2 Å². The number of hydrogen-bond donors (Lipinski definition) is 2. The summed E-state index contributed by atoms with van der Waals surface area (Å²) < 4.78 is 1.14. The van der Waals surface area contributed by atoms with Crippen LogP contribution in [-0.4, -0.2) is 16.0 Å². The Morgan fingerprint density at radius 3 is 2.78 bits per heavy atom. The fourth-order valence-electron chi connectivity index (χ4n) is 2.59. The number of aromatic nitrogens is 2. The van der Waals surface area contributed by atoms with Gasteiger partial charge in [0.1, 0.15) is 10.2 Å². The molecule has 5 nitrogen and oxygen atoms in total. The summed E-state index contributed by atoms with van der Waals surface area (Å²) in [5.74, 6) is 0. The minimum Gasteiger partial charge on any atom is -0.334 e. The number of halogens is 1. The number of carbonyl (C=O) groups excluding carboxylic acids is 1. The molecule has 0 unspecified atom stereocenters. The van der Waals surface area contributed by atoms with E-state index >= 15 is 0 Å². The zero-order valence-electron chi connectivity index (χ0n) is 14.1. The maximum absolute atomic E-state index is 12.2. The second-order valence-electron chi connectivity index (χ2n) is 5.86. The quantitative estimate of drug-likeness (QED) is 0.459. The molecule has 4 rings (SSSR count). The molecule has 0 spiro atoms. The maximum atomic E-state index is 12.2. The molecule has 2 aromatic carbocycles. The number of thiazole rings is 1. The molecular weight excluding hydrogens is 380 g/mol. The lowest BCUT2D eigenvalue weighted by atomic mass is 10.2. The smallest absolute Gasteiger partial charge is 0.319 e. The standard InChI is InChI=1S/C20H15ClN4OS/c21-18-9-8-13(11-22-18)12-23-20(26)24-15-5-3-4-14(10-15)19-25-16-6-1-2-7-17(16)27-19/h1-11H,12H2,(H2,23,24,26). The minimum atomic E-state index is -0.286. The Morgan fingerprint density at radius 1 is 1.07 bits per heavy atom. The third kappa shape index (κ3) is 4.24. The number of rotatable bonds is 4. The fraction of sp³-hybridized carbons (Fsp3) is 0.0500. The van der Waals surface area contributed by atoms with Gasteiger partial charge in [-0.05, 0) is 35.9 Å². The van der Waals surface area contributed by atoms with Crippen molar-refractivity contribution in [2.75, 3.05) is 5.32 Å². The molecule has 0 aliphatic heterocycles. The number of urea groups is 1. The number of anilines is 1. The molecule has 0 fully saturated rings. The SMILES string of the molecule is O=C(NCc1ccc(Cl)nc1)Nc1cccc(-c2nc3ccccc3s2)c1. The number of benzene rings is 2. The highest BCUT2D eigenvalue weighted by Crippen LogP contribution is 2.31. The van der Waals surface area contributed by atoms with Crippen molar-refractivity contribution >= 4 is 44.9 Å². The van der Waals surface area contributed by atoms with Crippen LogP contribution in [0.5, 0.6) is 0 Å². The third-order valence-electron chi connectivity index (χ3n) is 3.90. The molecule has 27 heavy (non-hydrogen) atoms. The summed E-state index contributed by atoms with van der Waals surface area (Å²) in [6, 6.07) is 18.9. The van der Waals surface area contributed by atoms with Crippen LogP contribution in [0.4, 0.5) is 10.5 Å². The molecule has 0 bridgehead atoms. The van der Waals surface area contributed by atoms with Crippen LogP contribution in [0.1, 0.15) is 5.56 Å². The normalized spacial score (nSPS) is 10.7. The number of nitrogens with one attached hydrogen (secondary N) is 2. The van der Waals surface area contributed by atoms with E-state index in [1.807, 2.05) is 48.5 Å². The number of carbonyl (C=O) groups is 1. The molecule has 2 aromatic heterocycles. The number of pyridine rings is 1. The zero-order chi connectivity index (χ0) is 18.6. The van der Waals surface area contributed by atoms with Crippen LogP contribution in [0, 0.1) is 0 Å². The van der Waals surface area contributed by atoms with Gasteiger partial charge in [-0.25, -0.2) is 14.8 Å². The van der Waals surface area contributed by atoms with E-state index in [4.69, 9.17) is 11.6 Å². The van der Waals surface area contributed by atoms with Crippen LogP contribution >= 0.6 is 22.9 Å². The van der Waals surface area contributed by atoms with Gasteiger partial charge in [0, 0.05) is 24.0 Å². The summed E-state index contributed by atoms with van der Waals surface area (Å²) in [5, 5.41) is 7.00. The molecule has 2 heterocycles. The molecule has 0 aliphatic carbocycles. The summed E-state index contributed by atoms with van der Waals surface area (Å²) in [4.78, 5) is 20.8. The van der Waals surface area contributed by atoms with E-state index in [1.54, 1.807) is 23.6 Å². The summed E-state index contributed by atoms with van der Waals surface area (Å²) in [7, 11) is 0. The second kappa shape index (κ2) is 7.73. The number of nitrogens with zero attached hydrogens (tertiary/aromatic N) is 2. The Morgan fingerprint density at radius 2 is 1.96 bits per heavy atom. The first kappa shape index (κ1) is 17.5. The van der Waals surface area contributed by atoms with Gasteiger partial charge in [0.2, 0.25) is 0 Å². The summed E-state index contributed by atoms with van der Waals surface area (Å²) in [6.45, 7) is 0.369. The van der Waals surface area contributed by atoms with Crippen molar-refractivity contribution in [3.05, 3.63) is 77.6 Å². The molecular formula is C20H15ClN4OS. The highest BCUT2D eigenvalue weighted by atomic mass is 35.5. The Kier molecular flexibility index (Phi) is 5.00. The molecule has 7 heteroatoms. The molecule has 2 amide bonds. The van der Waals surface area contributed by atoms with Crippen LogP contribution < -0.4 is 10.6 Å². The Hall–Kier alpha value is -2.96. The number of hydrogen-bond acceptors (Lipinski definition) is 4. The second-order valence-corrected chi connectivity index (χ2v) is 7.28. The van der Waals surface area contributed by atoms with Gasteiger partial charge in [0.15, 0.2) is 0 Å². The largest absolute Gasteiger partial charge is 0.334 e. The molecule has 0 radical (unpaired) electrons. The molecule has 134 valence electrons. The van der Waals surface area contributed by atoms with Crippen molar-refractivity contribution in [1.82, 2.24) is 15.3 Å². The molecule has 0 saturated carbocycles. The van der Waals surface area contributed by atoms with E-state index in [1.165, 1.54) is 0 Å². The lowest BCUT2D eigenvalue weighted by Gasteiger charge is -2.08. The number of amides is 2. The predicted molar refractivity (Wildman–Crippen MR) is 110 cm³/mol. The first-order valence-corrected chi connectivity index (χ1v) is 9.48. The van der Waals surface area contributed by atoms with Crippen molar-refractivity contribution in [2.24, 2.45) is 0 Å². The van der Waals surface area contributed by atoms with Gasteiger partial charge >= 0.3 is 6.03 Å². The number of fused-ring (bicyclic) bond motifs is 1. The van der Waals surface area contributed by atoms with Gasteiger partial charge in [0.25, 0.3) is 0 Å². The van der Waals surface area contributed by atoms with E-state index in [9.17, 15) is 4.79 Å². The average Bonchev–Trinajstić information content (AvgIpc) is 3.12. The van der Waals surface area contributed by atoms with Gasteiger partial charge in [-0.15, -0.1) is 11.3 Å². The highest BCUT2D eigenvalue weighted by Gasteiger charge is 2.08. The van der Waals surface area contributed by atoms with E-state index in [0.717, 1.165) is 26.4 Å². The molecule has 0 atom stereocenters. The first-order valence-electron chi connectivity index (χ1n) is 8.29. The van der Waals surface area contributed by atoms with Crippen LogP contribution in [0.15, 0.2) is 66.9 Å². The molecule has 4 aromatic rings. The topological polar surface area (TPSA) is 66.9 Å². The minimum absolute atomic E-state index is 0.286. The summed E-state index contributed by atoms with van der Waals surface area (Å²) in [5.41, 5.74) is 3.53. The summed E-state index contributed by atoms with van der Waals surface area (Å²) >= 11 is 7.39. The lowest BCUT2D eigenvalue weighted by Crippen LogP contribution is -2.28. The fourth-order valence-corrected chi connectivity index (χ4v) is 3.67. The number of para-hydroxylation sites is 1. The molecule has 0 aliphatic rings. The predicted octanol–water partition coefficient (Wildman–Crippen LogP) is 5.33. The van der Waals surface area contributed by atoms with E-state index in [0.29, 0.717) is 17.4 Å². The zero-order valence-corrected chi connectivity index (χ0v) is 15.7. The van der Waals surface area contributed by atoms with Gasteiger partial charge < -0.3 is 10.6 Å². The van der Waals surface area contributed by atoms with Crippen LogP contribution in [-0.2, 0) is 6.54 Å². The van der Waals surface area contributed by atoms with Crippen molar-refractivity contribution in [3.63, 3.8) is 0 Å². The summed E-state index contributed by atoms with van der Waals surface area (Å²) in [6.07, 6.45) is 1.64. The van der Waals surface area contributed by atoms with E-state index in [2.05, 4.69) is 26.7 Å². The van der Waals surface area contributed by atoms with Crippen molar-refractivity contribution in [2.45, 2.75) is 6.54 Å². The van der Waals surface area contributed by atoms with Crippen LogP contribution in [0.2, 0.25) is 5.15 Å². The van der Waals surface area contributed by atoms with E-state index in [-0.39, 0.29) is 6.03 Å². The highest BCUT2D eigenvalue weighted by molar-refractivity contribution is 7.21. The van der Waals surface area contributed by atoms with Gasteiger partial charge in [-0.2, -0.15) is 0 Å². The molecule has 0 saturated heterocycles. The van der Waals surface area contributed by atoms with Gasteiger partial charge in [-0.1, -0.05) is 41.9 Å². The Bertz CT molecular complexity index is 1060. The van der Waals surface area contributed by atoms with Gasteiger partial charge in [-0.3, -0.25) is 0 Å². The van der Waals surface area contributed by atoms with Crippen LogP contribution in [0.3, 0.4) is 0 Å². The van der Waals surface area contributed by atoms with Crippen LogP contribution in [0.25, 0.3) is 20.8 Å². The third-order valence-corrected chi connectivity index (χ3v) is 5.21. The average molecular weight is 395 g/mol. The molecule has 2 N–H and O–H groups in total. The first-order chi connectivity index (χ1) is 13.2. The van der Waals surface area contributed by atoms with E-state index < -0.39 is 0 Å². The van der Waals surface area contributed by atoms with Crippen molar-refractivity contribution in [1.29, 1.82) is 0 Å². The monoisotopic (exact) mass is 394 g/mol. The van der Waals surface area contributed by atoms with Crippen molar-refractivity contribution < 1.29 is 4.79 Å². The lowest BCUT2D eigenvalue weighted by molar-refractivity contribution is 0.251. The maximum Gasteiger partial charge on any atom is 0.319 e. The van der Waals surface area contributed by atoms with Crippen molar-refractivity contribution in [3.8, 4) is 10.6 Å². The Balaban J connectivity index is 1.44. The Labute approximate surface area is 165 Å².